The van der Waals surface area contributed by atoms with E-state index in [1.807, 2.05) is 23.1 Å². The summed E-state index contributed by atoms with van der Waals surface area (Å²) in [6.07, 6.45) is 6.15. The van der Waals surface area contributed by atoms with E-state index in [0.717, 1.165) is 25.8 Å². The molecule has 6 heteroatoms. The van der Waals surface area contributed by atoms with Gasteiger partial charge >= 0.3 is 0 Å². The fourth-order valence-electron chi connectivity index (χ4n) is 3.01. The summed E-state index contributed by atoms with van der Waals surface area (Å²) < 4.78 is 11.1. The van der Waals surface area contributed by atoms with Crippen molar-refractivity contribution < 1.29 is 14.3 Å². The molecule has 25 heavy (non-hydrogen) atoms. The summed E-state index contributed by atoms with van der Waals surface area (Å²) in [5.74, 6) is 0.923. The molecule has 0 saturated carbocycles. The predicted octanol–water partition coefficient (Wildman–Crippen LogP) is 2.49. The van der Waals surface area contributed by atoms with Crippen molar-refractivity contribution in [3.05, 3.63) is 48.3 Å². The van der Waals surface area contributed by atoms with E-state index in [1.54, 1.807) is 12.4 Å². The second-order valence-corrected chi connectivity index (χ2v) is 6.08. The van der Waals surface area contributed by atoms with E-state index in [4.69, 9.17) is 9.47 Å². The Balaban J connectivity index is 1.54. The highest BCUT2D eigenvalue weighted by molar-refractivity contribution is 5.76. The molecule has 0 radical (unpaired) electrons. The molecule has 1 aliphatic heterocycles. The van der Waals surface area contributed by atoms with Gasteiger partial charge in [0, 0.05) is 25.4 Å². The lowest BCUT2D eigenvalue weighted by Crippen LogP contribution is -2.44. The number of aromatic nitrogens is 2. The molecule has 1 aromatic carbocycles. The van der Waals surface area contributed by atoms with Crippen LogP contribution in [0.5, 0.6) is 11.8 Å². The van der Waals surface area contributed by atoms with Crippen molar-refractivity contribution in [2.24, 2.45) is 0 Å². The van der Waals surface area contributed by atoms with Crippen LogP contribution in [0, 0.1) is 0 Å². The molecule has 1 aromatic heterocycles. The first-order valence-corrected chi connectivity index (χ1v) is 8.59. The van der Waals surface area contributed by atoms with Gasteiger partial charge in [0.15, 0.2) is 0 Å². The fraction of sp³-hybridized carbons (Fsp3) is 0.421. The second-order valence-electron chi connectivity index (χ2n) is 6.08. The van der Waals surface area contributed by atoms with Gasteiger partial charge in [-0.25, -0.2) is 9.97 Å². The molecule has 2 heterocycles. The van der Waals surface area contributed by atoms with Gasteiger partial charge in [0.05, 0.1) is 13.7 Å². The number of carbonyl (C=O) groups is 1. The smallest absolute Gasteiger partial charge is 0.278 e. The lowest BCUT2D eigenvalue weighted by Gasteiger charge is -2.32. The molecular formula is C19H23N3O3. The van der Waals surface area contributed by atoms with Crippen LogP contribution in [0.2, 0.25) is 0 Å². The van der Waals surface area contributed by atoms with Crippen LogP contribution in [-0.4, -0.2) is 47.1 Å². The third-order valence-electron chi connectivity index (χ3n) is 4.31. The largest absolute Gasteiger partial charge is 0.477 e. The highest BCUT2D eigenvalue weighted by Gasteiger charge is 2.26. The van der Waals surface area contributed by atoms with Gasteiger partial charge in [-0.2, -0.15) is 0 Å². The first-order valence-electron chi connectivity index (χ1n) is 8.59. The quantitative estimate of drug-likeness (QED) is 0.808. The Labute approximate surface area is 147 Å². The summed E-state index contributed by atoms with van der Waals surface area (Å²) >= 11 is 0. The Morgan fingerprint density at radius 2 is 1.96 bits per heavy atom. The van der Waals surface area contributed by atoms with E-state index in [1.165, 1.54) is 12.7 Å². The number of likely N-dealkylation sites (tertiary alicyclic amines) is 1. The van der Waals surface area contributed by atoms with Gasteiger partial charge in [-0.1, -0.05) is 30.3 Å². The maximum absolute atomic E-state index is 12.5. The van der Waals surface area contributed by atoms with Crippen LogP contribution >= 0.6 is 0 Å². The van der Waals surface area contributed by atoms with Crippen molar-refractivity contribution in [2.75, 3.05) is 20.2 Å². The summed E-state index contributed by atoms with van der Waals surface area (Å²) in [7, 11) is 1.54. The summed E-state index contributed by atoms with van der Waals surface area (Å²) in [5.41, 5.74) is 1.19. The Hall–Kier alpha value is -2.63. The summed E-state index contributed by atoms with van der Waals surface area (Å²) in [6, 6.07) is 10.1. The lowest BCUT2D eigenvalue weighted by atomic mass is 10.1. The summed E-state index contributed by atoms with van der Waals surface area (Å²) in [5, 5.41) is 0. The lowest BCUT2D eigenvalue weighted by molar-refractivity contribution is -0.133. The highest BCUT2D eigenvalue weighted by Crippen LogP contribution is 2.24. The van der Waals surface area contributed by atoms with E-state index >= 15 is 0 Å². The second kappa shape index (κ2) is 8.46. The molecule has 1 amide bonds. The fourth-order valence-corrected chi connectivity index (χ4v) is 3.01. The van der Waals surface area contributed by atoms with Crippen LogP contribution < -0.4 is 9.47 Å². The average Bonchev–Trinajstić information content (AvgIpc) is 2.67. The van der Waals surface area contributed by atoms with E-state index in [2.05, 4.69) is 22.1 Å². The minimum atomic E-state index is -0.0833. The maximum atomic E-state index is 12.5. The number of nitrogens with zero attached hydrogens (tertiary/aromatic N) is 3. The van der Waals surface area contributed by atoms with Gasteiger partial charge < -0.3 is 14.4 Å². The monoisotopic (exact) mass is 341 g/mol. The molecule has 0 unspecified atom stereocenters. The van der Waals surface area contributed by atoms with Crippen LogP contribution in [0.1, 0.15) is 24.8 Å². The van der Waals surface area contributed by atoms with Crippen molar-refractivity contribution in [1.29, 1.82) is 0 Å². The molecular weight excluding hydrogens is 318 g/mol. The van der Waals surface area contributed by atoms with E-state index in [-0.39, 0.29) is 12.0 Å². The van der Waals surface area contributed by atoms with Gasteiger partial charge in [-0.05, 0) is 24.8 Å². The standard InChI is InChI=1S/C19H23N3O3/c1-24-18-19(21-12-11-20-18)25-16-8-5-13-22(14-16)17(23)10-9-15-6-3-2-4-7-15/h2-4,6-7,11-12,16H,5,8-10,13-14H2,1H3/t16-/m1/s1. The summed E-state index contributed by atoms with van der Waals surface area (Å²) in [6.45, 7) is 1.36. The molecule has 0 spiro atoms. The minimum absolute atomic E-state index is 0.0833. The number of ether oxygens (including phenoxy) is 2. The predicted molar refractivity (Wildman–Crippen MR) is 93.6 cm³/mol. The third kappa shape index (κ3) is 4.68. The number of piperidine rings is 1. The zero-order valence-corrected chi connectivity index (χ0v) is 14.4. The summed E-state index contributed by atoms with van der Waals surface area (Å²) in [4.78, 5) is 22.7. The maximum Gasteiger partial charge on any atom is 0.278 e. The van der Waals surface area contributed by atoms with Crippen LogP contribution in [0.4, 0.5) is 0 Å². The van der Waals surface area contributed by atoms with E-state index in [9.17, 15) is 4.79 Å². The Morgan fingerprint density at radius 1 is 1.20 bits per heavy atom. The number of amides is 1. The number of methoxy groups -OCH3 is 1. The van der Waals surface area contributed by atoms with Gasteiger partial charge in [0.2, 0.25) is 5.91 Å². The van der Waals surface area contributed by atoms with Crippen LogP contribution in [-0.2, 0) is 11.2 Å². The SMILES string of the molecule is COc1nccnc1O[C@@H]1CCCN(C(=O)CCc2ccccc2)C1. The molecule has 132 valence electrons. The first-order chi connectivity index (χ1) is 12.3. The number of benzene rings is 1. The normalized spacial score (nSPS) is 17.2. The number of aryl methyl sites for hydroxylation is 1. The average molecular weight is 341 g/mol. The minimum Gasteiger partial charge on any atom is -0.477 e. The van der Waals surface area contributed by atoms with Gasteiger partial charge in [0.1, 0.15) is 6.10 Å². The zero-order chi connectivity index (χ0) is 17.5. The van der Waals surface area contributed by atoms with Gasteiger partial charge in [0.25, 0.3) is 11.8 Å². The number of hydrogen-bond donors (Lipinski definition) is 0. The van der Waals surface area contributed by atoms with E-state index < -0.39 is 0 Å². The van der Waals surface area contributed by atoms with Crippen molar-refractivity contribution in [3.63, 3.8) is 0 Å². The van der Waals surface area contributed by atoms with Gasteiger partial charge in [-0.15, -0.1) is 0 Å². The van der Waals surface area contributed by atoms with Crippen LogP contribution in [0.25, 0.3) is 0 Å². The van der Waals surface area contributed by atoms with E-state index in [0.29, 0.717) is 24.7 Å². The number of hydrogen-bond acceptors (Lipinski definition) is 5. The number of carbonyl (C=O) groups excluding carboxylic acids is 1. The Morgan fingerprint density at radius 3 is 2.72 bits per heavy atom. The topological polar surface area (TPSA) is 64.6 Å². The molecule has 1 atom stereocenters. The molecule has 1 aliphatic rings. The molecule has 1 saturated heterocycles. The molecule has 1 fully saturated rings. The number of rotatable bonds is 6. The van der Waals surface area contributed by atoms with Crippen molar-refractivity contribution in [2.45, 2.75) is 31.8 Å². The molecule has 6 nitrogen and oxygen atoms in total. The third-order valence-corrected chi connectivity index (χ3v) is 4.31. The first kappa shape index (κ1) is 17.2. The zero-order valence-electron chi connectivity index (χ0n) is 14.4. The molecule has 0 aliphatic carbocycles. The Bertz CT molecular complexity index is 693. The van der Waals surface area contributed by atoms with Crippen molar-refractivity contribution in [3.8, 4) is 11.8 Å². The molecule has 2 aromatic rings. The molecule has 0 bridgehead atoms. The highest BCUT2D eigenvalue weighted by atomic mass is 16.5. The van der Waals surface area contributed by atoms with Crippen molar-refractivity contribution in [1.82, 2.24) is 14.9 Å². The van der Waals surface area contributed by atoms with Crippen LogP contribution in [0.3, 0.4) is 0 Å². The Kier molecular flexibility index (Phi) is 5.82. The molecule has 3 rings (SSSR count). The van der Waals surface area contributed by atoms with Gasteiger partial charge in [-0.3, -0.25) is 4.79 Å². The van der Waals surface area contributed by atoms with Crippen LogP contribution in [0.15, 0.2) is 42.7 Å². The molecule has 0 N–H and O–H groups in total. The van der Waals surface area contributed by atoms with Crippen molar-refractivity contribution >= 4 is 5.91 Å².